The Morgan fingerprint density at radius 2 is 1.52 bits per heavy atom. The van der Waals surface area contributed by atoms with Crippen molar-refractivity contribution in [2.45, 2.75) is 55.7 Å². The first kappa shape index (κ1) is 31.4. The smallest absolute Gasteiger partial charge is 0.408 e. The average molecular weight is 619 g/mol. The summed E-state index contributed by atoms with van der Waals surface area (Å²) >= 11 is 1.46. The number of rotatable bonds is 12. The highest BCUT2D eigenvalue weighted by Crippen LogP contribution is 2.49. The van der Waals surface area contributed by atoms with E-state index >= 15 is 0 Å². The maximum atomic E-state index is 13.5. The SMILES string of the molecule is CSCC[C@H](NC(=O)OCc1ccccc1)C(=O)OC[C@H]1C(=O)N2[C@@H](C(=O)OCc3ccccc3)C(C)(C)S(=O)(=O)[C@H]12. The minimum atomic E-state index is -4.04. The van der Waals surface area contributed by atoms with Gasteiger partial charge in [0.15, 0.2) is 15.2 Å². The van der Waals surface area contributed by atoms with Crippen LogP contribution < -0.4 is 5.32 Å². The maximum absolute atomic E-state index is 13.5. The molecule has 2 aliphatic heterocycles. The van der Waals surface area contributed by atoms with Crippen LogP contribution in [0.1, 0.15) is 31.4 Å². The van der Waals surface area contributed by atoms with Crippen molar-refractivity contribution < 1.29 is 41.8 Å². The van der Waals surface area contributed by atoms with E-state index in [0.717, 1.165) is 16.0 Å². The molecule has 2 heterocycles. The normalized spacial score (nSPS) is 22.3. The van der Waals surface area contributed by atoms with Gasteiger partial charge in [0, 0.05) is 0 Å². The number of esters is 2. The molecule has 4 atom stereocenters. The lowest BCUT2D eigenvalue weighted by Gasteiger charge is -2.42. The molecule has 11 nitrogen and oxygen atoms in total. The number of alkyl carbamates (subject to hydrolysis) is 1. The van der Waals surface area contributed by atoms with E-state index in [9.17, 15) is 27.6 Å². The predicted octanol–water partition coefficient (Wildman–Crippen LogP) is 2.68. The number of thioether (sulfide) groups is 1. The van der Waals surface area contributed by atoms with Crippen LogP contribution in [0, 0.1) is 5.92 Å². The molecule has 2 saturated heterocycles. The number of sulfone groups is 1. The van der Waals surface area contributed by atoms with E-state index in [4.69, 9.17) is 14.2 Å². The van der Waals surface area contributed by atoms with Crippen molar-refractivity contribution in [3.63, 3.8) is 0 Å². The van der Waals surface area contributed by atoms with Gasteiger partial charge in [-0.1, -0.05) is 60.7 Å². The molecule has 0 aliphatic carbocycles. The van der Waals surface area contributed by atoms with Crippen molar-refractivity contribution in [3.05, 3.63) is 71.8 Å². The molecule has 0 spiro atoms. The number of hydrogen-bond acceptors (Lipinski definition) is 10. The summed E-state index contributed by atoms with van der Waals surface area (Å²) in [5, 5.41) is 1.16. The van der Waals surface area contributed by atoms with Gasteiger partial charge < -0.3 is 24.4 Å². The Balaban J connectivity index is 1.38. The van der Waals surface area contributed by atoms with Crippen LogP contribution in [0.15, 0.2) is 60.7 Å². The van der Waals surface area contributed by atoms with Gasteiger partial charge in [-0.3, -0.25) is 4.79 Å². The summed E-state index contributed by atoms with van der Waals surface area (Å²) in [4.78, 5) is 52.5. The largest absolute Gasteiger partial charge is 0.463 e. The van der Waals surface area contributed by atoms with Crippen LogP contribution in [0.2, 0.25) is 0 Å². The van der Waals surface area contributed by atoms with E-state index in [-0.39, 0.29) is 19.6 Å². The van der Waals surface area contributed by atoms with Crippen molar-refractivity contribution in [3.8, 4) is 0 Å². The fourth-order valence-electron chi connectivity index (χ4n) is 5.02. The van der Waals surface area contributed by atoms with Crippen LogP contribution in [0.3, 0.4) is 0 Å². The number of amides is 2. The van der Waals surface area contributed by atoms with E-state index in [1.807, 2.05) is 18.4 Å². The highest BCUT2D eigenvalue weighted by atomic mass is 32.2. The Bertz CT molecular complexity index is 1400. The molecule has 0 aromatic heterocycles. The molecule has 226 valence electrons. The lowest BCUT2D eigenvalue weighted by Crippen LogP contribution is -2.65. The Labute approximate surface area is 249 Å². The fourth-order valence-corrected chi connectivity index (χ4v) is 7.78. The molecule has 42 heavy (non-hydrogen) atoms. The first-order valence-corrected chi connectivity index (χ1v) is 16.3. The number of carbonyl (C=O) groups is 4. The number of nitrogens with zero attached hydrogens (tertiary/aromatic N) is 1. The molecule has 1 N–H and O–H groups in total. The second-order valence-corrected chi connectivity index (χ2v) is 14.2. The highest BCUT2D eigenvalue weighted by Gasteiger charge is 2.72. The van der Waals surface area contributed by atoms with Gasteiger partial charge in [0.2, 0.25) is 5.91 Å². The molecular weight excluding hydrogens is 584 g/mol. The van der Waals surface area contributed by atoms with E-state index in [1.165, 1.54) is 25.6 Å². The third-order valence-electron chi connectivity index (χ3n) is 7.43. The van der Waals surface area contributed by atoms with Gasteiger partial charge in [-0.05, 0) is 43.4 Å². The van der Waals surface area contributed by atoms with Gasteiger partial charge in [-0.15, -0.1) is 0 Å². The van der Waals surface area contributed by atoms with Crippen molar-refractivity contribution >= 4 is 45.5 Å². The zero-order chi connectivity index (χ0) is 30.5. The van der Waals surface area contributed by atoms with E-state index < -0.39 is 68.5 Å². The van der Waals surface area contributed by atoms with E-state index in [2.05, 4.69) is 5.32 Å². The minimum absolute atomic E-state index is 0.00759. The van der Waals surface area contributed by atoms with Crippen molar-refractivity contribution in [2.75, 3.05) is 18.6 Å². The van der Waals surface area contributed by atoms with Crippen LogP contribution in [-0.4, -0.2) is 78.1 Å². The van der Waals surface area contributed by atoms with Crippen LogP contribution in [-0.2, 0) is 51.6 Å². The van der Waals surface area contributed by atoms with Gasteiger partial charge in [0.1, 0.15) is 37.8 Å². The predicted molar refractivity (Wildman–Crippen MR) is 155 cm³/mol. The van der Waals surface area contributed by atoms with Gasteiger partial charge in [-0.25, -0.2) is 22.8 Å². The summed E-state index contributed by atoms with van der Waals surface area (Å²) in [5.41, 5.74) is 1.49. The highest BCUT2D eigenvalue weighted by molar-refractivity contribution is 7.98. The third-order valence-corrected chi connectivity index (χ3v) is 11.0. The van der Waals surface area contributed by atoms with Gasteiger partial charge in [-0.2, -0.15) is 11.8 Å². The molecule has 0 unspecified atom stereocenters. The minimum Gasteiger partial charge on any atom is -0.463 e. The number of ether oxygens (including phenoxy) is 3. The first-order valence-electron chi connectivity index (χ1n) is 13.4. The van der Waals surface area contributed by atoms with E-state index in [1.54, 1.807) is 48.5 Å². The Morgan fingerprint density at radius 1 is 0.952 bits per heavy atom. The lowest BCUT2D eigenvalue weighted by atomic mass is 9.92. The second-order valence-electron chi connectivity index (χ2n) is 10.6. The van der Waals surface area contributed by atoms with Gasteiger partial charge in [0.05, 0.1) is 4.75 Å². The van der Waals surface area contributed by atoms with Crippen LogP contribution in [0.25, 0.3) is 0 Å². The monoisotopic (exact) mass is 618 g/mol. The molecule has 2 aromatic carbocycles. The molecule has 13 heteroatoms. The number of fused-ring (bicyclic) bond motifs is 1. The Morgan fingerprint density at radius 3 is 2.10 bits per heavy atom. The molecule has 2 amide bonds. The topological polar surface area (TPSA) is 145 Å². The molecule has 0 radical (unpaired) electrons. The molecule has 4 rings (SSSR count). The summed E-state index contributed by atoms with van der Waals surface area (Å²) in [5.74, 6) is -2.93. The van der Waals surface area contributed by atoms with Gasteiger partial charge >= 0.3 is 18.0 Å². The number of nitrogens with one attached hydrogen (secondary N) is 1. The second kappa shape index (κ2) is 13.2. The fraction of sp³-hybridized carbons (Fsp3) is 0.448. The zero-order valence-electron chi connectivity index (χ0n) is 23.6. The summed E-state index contributed by atoms with van der Waals surface area (Å²) in [6.45, 7) is 2.19. The van der Waals surface area contributed by atoms with Crippen molar-refractivity contribution in [1.82, 2.24) is 10.2 Å². The third kappa shape index (κ3) is 6.41. The van der Waals surface area contributed by atoms with Crippen molar-refractivity contribution in [2.24, 2.45) is 5.92 Å². The number of benzene rings is 2. The standard InChI is InChI=1S/C29H34N2O9S2/c1-29(2)23(27(34)38-16-19-10-6-4-7-11-19)31-24(32)21(25(31)42(29,36)37)18-39-26(33)22(14-15-41-3)30-28(35)40-17-20-12-8-5-9-13-20/h4-13,21-23,25H,14-18H2,1-3H3,(H,30,35)/t21-,22-,23-,25+/m0/s1. The molecule has 2 aromatic rings. The van der Waals surface area contributed by atoms with E-state index in [0.29, 0.717) is 5.75 Å². The summed E-state index contributed by atoms with van der Waals surface area (Å²) in [6.07, 6.45) is 1.26. The molecular formula is C29H34N2O9S2. The first-order chi connectivity index (χ1) is 20.0. The molecule has 0 bridgehead atoms. The summed E-state index contributed by atoms with van der Waals surface area (Å²) in [7, 11) is -4.04. The average Bonchev–Trinajstić information content (AvgIpc) is 3.12. The van der Waals surface area contributed by atoms with Crippen molar-refractivity contribution in [1.29, 1.82) is 0 Å². The lowest BCUT2D eigenvalue weighted by molar-refractivity contribution is -0.172. The molecule has 2 aliphatic rings. The van der Waals surface area contributed by atoms with Gasteiger partial charge in [0.25, 0.3) is 0 Å². The number of carbonyl (C=O) groups excluding carboxylic acids is 4. The number of hydrogen-bond donors (Lipinski definition) is 1. The maximum Gasteiger partial charge on any atom is 0.408 e. The Hall–Kier alpha value is -3.58. The summed E-state index contributed by atoms with van der Waals surface area (Å²) in [6, 6.07) is 15.5. The zero-order valence-corrected chi connectivity index (χ0v) is 25.2. The quantitative estimate of drug-likeness (QED) is 0.214. The van der Waals surface area contributed by atoms with Crippen LogP contribution >= 0.6 is 11.8 Å². The van der Waals surface area contributed by atoms with Crippen LogP contribution in [0.4, 0.5) is 4.79 Å². The Kier molecular flexibility index (Phi) is 9.82. The molecule has 0 saturated carbocycles. The molecule has 2 fully saturated rings. The summed E-state index contributed by atoms with van der Waals surface area (Å²) < 4.78 is 41.3. The van der Waals surface area contributed by atoms with Crippen LogP contribution in [0.5, 0.6) is 0 Å². The number of β-lactam (4-membered cyclic amide) rings is 1.